The zero-order valence-corrected chi connectivity index (χ0v) is 11.9. The zero-order chi connectivity index (χ0) is 14.1. The van der Waals surface area contributed by atoms with Crippen molar-refractivity contribution < 1.29 is 13.9 Å². The lowest BCUT2D eigenvalue weighted by Crippen LogP contribution is -2.42. The minimum Gasteiger partial charge on any atom is -0.376 e. The highest BCUT2D eigenvalue weighted by molar-refractivity contribution is 6.30. The van der Waals surface area contributed by atoms with Crippen molar-refractivity contribution in [3.05, 3.63) is 34.6 Å². The van der Waals surface area contributed by atoms with Crippen LogP contribution in [-0.2, 0) is 4.74 Å². The van der Waals surface area contributed by atoms with Gasteiger partial charge in [0.15, 0.2) is 0 Å². The molecule has 108 valence electrons. The van der Waals surface area contributed by atoms with Crippen molar-refractivity contribution in [1.29, 1.82) is 0 Å². The maximum atomic E-state index is 13.9. The van der Waals surface area contributed by atoms with Crippen molar-refractivity contribution >= 4 is 17.5 Å². The van der Waals surface area contributed by atoms with Gasteiger partial charge in [-0.3, -0.25) is 4.79 Å². The Morgan fingerprint density at radius 1 is 1.35 bits per heavy atom. The van der Waals surface area contributed by atoms with Crippen molar-refractivity contribution in [2.75, 3.05) is 13.2 Å². The minimum absolute atomic E-state index is 0.0834. The average Bonchev–Trinajstić information content (AvgIpc) is 3.09. The van der Waals surface area contributed by atoms with Crippen molar-refractivity contribution in [2.45, 2.75) is 37.8 Å². The molecule has 3 rings (SSSR count). The molecule has 1 aromatic rings. The number of carbonyl (C=O) groups excluding carboxylic acids is 1. The van der Waals surface area contributed by atoms with E-state index in [-0.39, 0.29) is 23.6 Å². The van der Waals surface area contributed by atoms with Crippen LogP contribution in [0.1, 0.15) is 36.0 Å². The Labute approximate surface area is 122 Å². The van der Waals surface area contributed by atoms with Gasteiger partial charge in [0, 0.05) is 18.2 Å². The molecule has 1 aromatic carbocycles. The van der Waals surface area contributed by atoms with E-state index in [1.807, 2.05) is 0 Å². The number of ether oxygens (including phenoxy) is 1. The Bertz CT molecular complexity index is 517. The first kappa shape index (κ1) is 13.8. The molecule has 0 aliphatic carbocycles. The normalized spacial score (nSPS) is 26.2. The van der Waals surface area contributed by atoms with Crippen molar-refractivity contribution in [1.82, 2.24) is 4.90 Å². The molecule has 0 spiro atoms. The maximum Gasteiger partial charge on any atom is 0.257 e. The van der Waals surface area contributed by atoms with Gasteiger partial charge in [0.2, 0.25) is 0 Å². The van der Waals surface area contributed by atoms with E-state index in [0.29, 0.717) is 11.6 Å². The fourth-order valence-electron chi connectivity index (χ4n) is 3.15. The number of hydrogen-bond donors (Lipinski definition) is 0. The van der Waals surface area contributed by atoms with E-state index in [1.54, 1.807) is 11.0 Å². The van der Waals surface area contributed by atoms with E-state index >= 15 is 0 Å². The number of amides is 1. The molecule has 2 aliphatic rings. The standard InChI is InChI=1S/C15H17ClFNO2/c16-10-5-6-11(12(17)9-10)15(19)18-7-1-3-13(18)14-4-2-8-20-14/h5-6,9,13-14H,1-4,7-8H2/t13-,14+/m1/s1. The van der Waals surface area contributed by atoms with Crippen LogP contribution in [0.3, 0.4) is 0 Å². The van der Waals surface area contributed by atoms with Gasteiger partial charge in [-0.2, -0.15) is 0 Å². The van der Waals surface area contributed by atoms with Crippen LogP contribution in [0.4, 0.5) is 4.39 Å². The van der Waals surface area contributed by atoms with Crippen LogP contribution in [0.15, 0.2) is 18.2 Å². The van der Waals surface area contributed by atoms with E-state index in [2.05, 4.69) is 0 Å². The monoisotopic (exact) mass is 297 g/mol. The maximum absolute atomic E-state index is 13.9. The third-order valence-electron chi connectivity index (χ3n) is 4.12. The molecule has 1 amide bonds. The number of benzene rings is 1. The summed E-state index contributed by atoms with van der Waals surface area (Å²) in [7, 11) is 0. The molecular weight excluding hydrogens is 281 g/mol. The van der Waals surface area contributed by atoms with E-state index in [0.717, 1.165) is 32.3 Å². The molecule has 2 heterocycles. The predicted octanol–water partition coefficient (Wildman–Crippen LogP) is 3.26. The number of hydrogen-bond acceptors (Lipinski definition) is 2. The molecule has 0 radical (unpaired) electrons. The molecule has 5 heteroatoms. The summed E-state index contributed by atoms with van der Waals surface area (Å²) in [5.74, 6) is -0.808. The molecule has 0 unspecified atom stereocenters. The van der Waals surface area contributed by atoms with E-state index < -0.39 is 5.82 Å². The van der Waals surface area contributed by atoms with Gasteiger partial charge >= 0.3 is 0 Å². The zero-order valence-electron chi connectivity index (χ0n) is 11.1. The second-order valence-corrected chi connectivity index (χ2v) is 5.82. The molecule has 0 aromatic heterocycles. The van der Waals surface area contributed by atoms with Crippen LogP contribution in [0, 0.1) is 5.82 Å². The van der Waals surface area contributed by atoms with Gasteiger partial charge in [-0.15, -0.1) is 0 Å². The third-order valence-corrected chi connectivity index (χ3v) is 4.35. The Balaban J connectivity index is 1.81. The van der Waals surface area contributed by atoms with E-state index in [9.17, 15) is 9.18 Å². The van der Waals surface area contributed by atoms with Crippen LogP contribution in [0.5, 0.6) is 0 Å². The molecule has 2 fully saturated rings. The number of likely N-dealkylation sites (tertiary alicyclic amines) is 1. The summed E-state index contributed by atoms with van der Waals surface area (Å²) in [6, 6.07) is 4.28. The van der Waals surface area contributed by atoms with Gasteiger partial charge in [0.05, 0.1) is 17.7 Å². The van der Waals surface area contributed by atoms with E-state index in [4.69, 9.17) is 16.3 Å². The summed E-state index contributed by atoms with van der Waals surface area (Å²) in [6.07, 6.45) is 4.02. The predicted molar refractivity (Wildman–Crippen MR) is 74.4 cm³/mol. The van der Waals surface area contributed by atoms with Crippen molar-refractivity contribution in [2.24, 2.45) is 0 Å². The van der Waals surface area contributed by atoms with Gasteiger partial charge in [-0.1, -0.05) is 11.6 Å². The topological polar surface area (TPSA) is 29.5 Å². The largest absolute Gasteiger partial charge is 0.376 e. The molecule has 20 heavy (non-hydrogen) atoms. The second-order valence-electron chi connectivity index (χ2n) is 5.38. The minimum atomic E-state index is -0.555. The van der Waals surface area contributed by atoms with Crippen molar-refractivity contribution in [3.63, 3.8) is 0 Å². The van der Waals surface area contributed by atoms with Crippen LogP contribution in [-0.4, -0.2) is 36.1 Å². The van der Waals surface area contributed by atoms with Gasteiger partial charge < -0.3 is 9.64 Å². The highest BCUT2D eigenvalue weighted by Gasteiger charge is 2.37. The molecule has 2 aliphatic heterocycles. The first-order valence-corrected chi connectivity index (χ1v) is 7.42. The molecular formula is C15H17ClFNO2. The Morgan fingerprint density at radius 2 is 2.20 bits per heavy atom. The smallest absolute Gasteiger partial charge is 0.257 e. The number of nitrogens with zero attached hydrogens (tertiary/aromatic N) is 1. The highest BCUT2D eigenvalue weighted by atomic mass is 35.5. The summed E-state index contributed by atoms with van der Waals surface area (Å²) < 4.78 is 19.6. The molecule has 0 N–H and O–H groups in total. The molecule has 2 atom stereocenters. The number of rotatable bonds is 2. The third kappa shape index (κ3) is 2.54. The highest BCUT2D eigenvalue weighted by Crippen LogP contribution is 2.29. The van der Waals surface area contributed by atoms with Gasteiger partial charge in [0.25, 0.3) is 5.91 Å². The average molecular weight is 298 g/mol. The lowest BCUT2D eigenvalue weighted by atomic mass is 10.0. The number of carbonyl (C=O) groups is 1. The van der Waals surface area contributed by atoms with Gasteiger partial charge in [0.1, 0.15) is 5.82 Å². The van der Waals surface area contributed by atoms with Crippen LogP contribution < -0.4 is 0 Å². The summed E-state index contributed by atoms with van der Waals surface area (Å²) in [5.41, 5.74) is 0.0966. The van der Waals surface area contributed by atoms with E-state index in [1.165, 1.54) is 12.1 Å². The lowest BCUT2D eigenvalue weighted by molar-refractivity contribution is 0.0338. The summed E-state index contributed by atoms with van der Waals surface area (Å²) in [5, 5.41) is 0.302. The SMILES string of the molecule is O=C(c1ccc(Cl)cc1F)N1CCC[C@@H]1[C@@H]1CCCO1. The van der Waals surface area contributed by atoms with Crippen LogP contribution in [0.25, 0.3) is 0 Å². The Hall–Kier alpha value is -1.13. The van der Waals surface area contributed by atoms with Crippen molar-refractivity contribution in [3.8, 4) is 0 Å². The van der Waals surface area contributed by atoms with Gasteiger partial charge in [-0.05, 0) is 43.9 Å². The molecule has 2 saturated heterocycles. The first-order chi connectivity index (χ1) is 9.66. The Kier molecular flexibility index (Phi) is 3.94. The van der Waals surface area contributed by atoms with Crippen LogP contribution in [0.2, 0.25) is 5.02 Å². The second kappa shape index (κ2) is 5.70. The van der Waals surface area contributed by atoms with Gasteiger partial charge in [-0.25, -0.2) is 4.39 Å². The first-order valence-electron chi connectivity index (χ1n) is 7.04. The Morgan fingerprint density at radius 3 is 2.90 bits per heavy atom. The number of halogens is 2. The summed E-state index contributed by atoms with van der Waals surface area (Å²) in [6.45, 7) is 1.43. The molecule has 3 nitrogen and oxygen atoms in total. The quantitative estimate of drug-likeness (QED) is 0.838. The summed E-state index contributed by atoms with van der Waals surface area (Å²) in [4.78, 5) is 14.3. The summed E-state index contributed by atoms with van der Waals surface area (Å²) >= 11 is 5.73. The lowest BCUT2D eigenvalue weighted by Gasteiger charge is -2.29. The fraction of sp³-hybridized carbons (Fsp3) is 0.533. The molecule has 0 bridgehead atoms. The fourth-order valence-corrected chi connectivity index (χ4v) is 3.31. The molecule has 0 saturated carbocycles. The van der Waals surface area contributed by atoms with Crippen LogP contribution >= 0.6 is 11.6 Å².